The molecule has 8 nitrogen and oxygen atoms in total. The van der Waals surface area contributed by atoms with Crippen LogP contribution in [-0.2, 0) is 11.2 Å². The van der Waals surface area contributed by atoms with Crippen LogP contribution < -0.4 is 10.9 Å². The van der Waals surface area contributed by atoms with Gasteiger partial charge in [0.05, 0.1) is 16.2 Å². The lowest BCUT2D eigenvalue weighted by atomic mass is 10.1. The van der Waals surface area contributed by atoms with Gasteiger partial charge >= 0.3 is 0 Å². The monoisotopic (exact) mass is 362 g/mol. The molecule has 0 radical (unpaired) electrons. The summed E-state index contributed by atoms with van der Waals surface area (Å²) in [5, 5.41) is 14.1. The van der Waals surface area contributed by atoms with Gasteiger partial charge in [0.15, 0.2) is 5.16 Å². The van der Waals surface area contributed by atoms with Crippen molar-refractivity contribution in [1.29, 1.82) is 0 Å². The van der Waals surface area contributed by atoms with Crippen molar-refractivity contribution in [1.82, 2.24) is 9.97 Å². The van der Waals surface area contributed by atoms with E-state index in [9.17, 15) is 19.7 Å². The Labute approximate surface area is 148 Å². The number of nitro groups is 1. The topological polar surface area (TPSA) is 118 Å². The number of benzene rings is 1. The van der Waals surface area contributed by atoms with Crippen LogP contribution in [-0.4, -0.2) is 27.1 Å². The number of amides is 1. The zero-order valence-corrected chi connectivity index (χ0v) is 14.9. The van der Waals surface area contributed by atoms with E-state index in [1.165, 1.54) is 23.9 Å². The Morgan fingerprint density at radius 1 is 1.40 bits per heavy atom. The largest absolute Gasteiger partial charge is 0.326 e. The first kappa shape index (κ1) is 18.7. The lowest BCUT2D eigenvalue weighted by molar-refractivity contribution is -0.385. The van der Waals surface area contributed by atoms with Crippen molar-refractivity contribution in [2.24, 2.45) is 0 Å². The maximum absolute atomic E-state index is 12.1. The summed E-state index contributed by atoms with van der Waals surface area (Å²) in [4.78, 5) is 41.6. The molecule has 0 aliphatic carbocycles. The molecular weight excluding hydrogens is 344 g/mol. The van der Waals surface area contributed by atoms with Gasteiger partial charge in [-0.05, 0) is 32.6 Å². The van der Waals surface area contributed by atoms with Crippen LogP contribution in [0.5, 0.6) is 0 Å². The highest BCUT2D eigenvalue weighted by molar-refractivity contribution is 7.98. The maximum atomic E-state index is 12.1. The molecule has 1 heterocycles. The number of carbonyl (C=O) groups is 1. The third kappa shape index (κ3) is 4.44. The quantitative estimate of drug-likeness (QED) is 0.353. The molecule has 0 aliphatic rings. The van der Waals surface area contributed by atoms with Gasteiger partial charge in [0.25, 0.3) is 11.2 Å². The molecule has 0 spiro atoms. The molecule has 0 fully saturated rings. The SMILES string of the molecule is CSc1nc(C)c(CCC(=O)Nc2cccc([N+](=O)[O-])c2C)c(=O)[nH]1. The number of aryl methyl sites for hydroxylation is 1. The Bertz CT molecular complexity index is 879. The van der Waals surface area contributed by atoms with Gasteiger partial charge in [-0.25, -0.2) is 4.98 Å². The van der Waals surface area contributed by atoms with Crippen molar-refractivity contribution in [3.63, 3.8) is 0 Å². The molecule has 0 aliphatic heterocycles. The second kappa shape index (κ2) is 7.93. The zero-order chi connectivity index (χ0) is 18.6. The van der Waals surface area contributed by atoms with E-state index < -0.39 is 4.92 Å². The van der Waals surface area contributed by atoms with Gasteiger partial charge in [0.2, 0.25) is 5.91 Å². The third-order valence-electron chi connectivity index (χ3n) is 3.77. The fraction of sp³-hybridized carbons (Fsp3) is 0.312. The molecule has 0 saturated heterocycles. The molecule has 0 atom stereocenters. The normalized spacial score (nSPS) is 10.5. The predicted molar refractivity (Wildman–Crippen MR) is 96.2 cm³/mol. The average Bonchev–Trinajstić information content (AvgIpc) is 2.55. The summed E-state index contributed by atoms with van der Waals surface area (Å²) in [5.74, 6) is -0.323. The molecule has 0 bridgehead atoms. The van der Waals surface area contributed by atoms with Crippen LogP contribution >= 0.6 is 11.8 Å². The first-order valence-electron chi connectivity index (χ1n) is 7.51. The molecule has 25 heavy (non-hydrogen) atoms. The lowest BCUT2D eigenvalue weighted by Crippen LogP contribution is -2.20. The summed E-state index contributed by atoms with van der Waals surface area (Å²) in [6, 6.07) is 4.50. The van der Waals surface area contributed by atoms with E-state index in [2.05, 4.69) is 15.3 Å². The summed E-state index contributed by atoms with van der Waals surface area (Å²) in [6.07, 6.45) is 2.13. The fourth-order valence-corrected chi connectivity index (χ4v) is 2.81. The Morgan fingerprint density at radius 3 is 2.72 bits per heavy atom. The van der Waals surface area contributed by atoms with Gasteiger partial charge in [0.1, 0.15) is 0 Å². The van der Waals surface area contributed by atoms with Crippen molar-refractivity contribution in [3.05, 3.63) is 55.5 Å². The number of aromatic nitrogens is 2. The Hall–Kier alpha value is -2.68. The molecule has 1 amide bonds. The van der Waals surface area contributed by atoms with Crippen molar-refractivity contribution in [2.75, 3.05) is 11.6 Å². The standard InChI is InChI=1S/C16H18N4O4S/c1-9-12(5-4-6-13(9)20(23)24)18-14(21)8-7-11-10(2)17-16(25-3)19-15(11)22/h4-6H,7-8H2,1-3H3,(H,18,21)(H,17,19,22). The van der Waals surface area contributed by atoms with Crippen molar-refractivity contribution >= 4 is 29.0 Å². The Kier molecular flexibility index (Phi) is 5.92. The van der Waals surface area contributed by atoms with E-state index in [-0.39, 0.29) is 30.0 Å². The van der Waals surface area contributed by atoms with E-state index in [0.29, 0.717) is 27.7 Å². The Morgan fingerprint density at radius 2 is 2.12 bits per heavy atom. The van der Waals surface area contributed by atoms with E-state index in [4.69, 9.17) is 0 Å². The number of nitrogens with zero attached hydrogens (tertiary/aromatic N) is 2. The average molecular weight is 362 g/mol. The van der Waals surface area contributed by atoms with Crippen molar-refractivity contribution < 1.29 is 9.72 Å². The number of carbonyl (C=O) groups excluding carboxylic acids is 1. The number of hydrogen-bond acceptors (Lipinski definition) is 6. The number of nitrogens with one attached hydrogen (secondary N) is 2. The van der Waals surface area contributed by atoms with Crippen LogP contribution in [0.1, 0.15) is 23.2 Å². The van der Waals surface area contributed by atoms with Crippen LogP contribution in [0, 0.1) is 24.0 Å². The van der Waals surface area contributed by atoms with E-state index in [1.54, 1.807) is 19.9 Å². The number of rotatable bonds is 6. The van der Waals surface area contributed by atoms with E-state index in [1.807, 2.05) is 6.26 Å². The number of nitro benzene ring substituents is 1. The summed E-state index contributed by atoms with van der Waals surface area (Å²) < 4.78 is 0. The van der Waals surface area contributed by atoms with Crippen LogP contribution in [0.4, 0.5) is 11.4 Å². The van der Waals surface area contributed by atoms with Crippen LogP contribution in [0.25, 0.3) is 0 Å². The highest BCUT2D eigenvalue weighted by Gasteiger charge is 2.15. The third-order valence-corrected chi connectivity index (χ3v) is 4.35. The number of H-pyrrole nitrogens is 1. The van der Waals surface area contributed by atoms with Crippen molar-refractivity contribution in [2.45, 2.75) is 31.8 Å². The minimum absolute atomic E-state index is 0.0538. The van der Waals surface area contributed by atoms with Crippen LogP contribution in [0.15, 0.2) is 28.2 Å². The minimum Gasteiger partial charge on any atom is -0.326 e. The first-order valence-corrected chi connectivity index (χ1v) is 8.73. The van der Waals surface area contributed by atoms with Gasteiger partial charge in [0, 0.05) is 23.7 Å². The minimum atomic E-state index is -0.493. The van der Waals surface area contributed by atoms with Gasteiger partial charge in [-0.1, -0.05) is 17.8 Å². The van der Waals surface area contributed by atoms with E-state index >= 15 is 0 Å². The van der Waals surface area contributed by atoms with Gasteiger partial charge < -0.3 is 10.3 Å². The van der Waals surface area contributed by atoms with Gasteiger partial charge in [-0.2, -0.15) is 0 Å². The highest BCUT2D eigenvalue weighted by Crippen LogP contribution is 2.25. The van der Waals surface area contributed by atoms with Crippen molar-refractivity contribution in [3.8, 4) is 0 Å². The predicted octanol–water partition coefficient (Wildman–Crippen LogP) is 2.59. The zero-order valence-electron chi connectivity index (χ0n) is 14.1. The maximum Gasteiger partial charge on any atom is 0.274 e. The van der Waals surface area contributed by atoms with Gasteiger partial charge in [-0.15, -0.1) is 0 Å². The summed E-state index contributed by atoms with van der Waals surface area (Å²) in [5.41, 5.74) is 1.52. The van der Waals surface area contributed by atoms with Crippen LogP contribution in [0.2, 0.25) is 0 Å². The summed E-state index contributed by atoms with van der Waals surface area (Å²) >= 11 is 1.34. The first-order chi connectivity index (χ1) is 11.8. The molecular formula is C16H18N4O4S. The van der Waals surface area contributed by atoms with Crippen LogP contribution in [0.3, 0.4) is 0 Å². The second-order valence-electron chi connectivity index (χ2n) is 5.39. The fourth-order valence-electron chi connectivity index (χ4n) is 2.38. The molecule has 2 aromatic rings. The second-order valence-corrected chi connectivity index (χ2v) is 6.19. The van der Waals surface area contributed by atoms with Gasteiger partial charge in [-0.3, -0.25) is 19.7 Å². The smallest absolute Gasteiger partial charge is 0.274 e. The molecule has 132 valence electrons. The number of thioether (sulfide) groups is 1. The molecule has 0 saturated carbocycles. The Balaban J connectivity index is 2.09. The summed E-state index contributed by atoms with van der Waals surface area (Å²) in [6.45, 7) is 3.31. The molecule has 1 aromatic heterocycles. The number of aromatic amines is 1. The number of anilines is 1. The number of hydrogen-bond donors (Lipinski definition) is 2. The summed E-state index contributed by atoms with van der Waals surface area (Å²) in [7, 11) is 0. The molecule has 2 rings (SSSR count). The lowest BCUT2D eigenvalue weighted by Gasteiger charge is -2.09. The van der Waals surface area contributed by atoms with E-state index in [0.717, 1.165) is 0 Å². The highest BCUT2D eigenvalue weighted by atomic mass is 32.2. The molecule has 0 unspecified atom stereocenters. The molecule has 2 N–H and O–H groups in total. The molecule has 9 heteroatoms. The molecule has 1 aromatic carbocycles.